The Kier molecular flexibility index (Phi) is 2.41. The summed E-state index contributed by atoms with van der Waals surface area (Å²) in [7, 11) is 0. The van der Waals surface area contributed by atoms with Gasteiger partial charge < -0.3 is 14.7 Å². The first-order valence-electron chi connectivity index (χ1n) is 3.58. The molecule has 1 aliphatic heterocycles. The molecule has 0 radical (unpaired) electrons. The predicted molar refractivity (Wildman–Crippen MR) is 52.4 cm³/mol. The largest absolute Gasteiger partial charge is 0.485 e. The maximum atomic E-state index is 8.39. The molecule has 1 N–H and O–H groups in total. The lowest BCUT2D eigenvalue weighted by atomic mass is 10.4. The van der Waals surface area contributed by atoms with Gasteiger partial charge in [-0.05, 0) is 15.9 Å². The molecule has 0 atom stereocenters. The third-order valence-electron chi connectivity index (χ3n) is 1.56. The summed E-state index contributed by atoms with van der Waals surface area (Å²) in [6.45, 7) is 1.08. The number of nitrogens with zero attached hydrogens (tertiary/aromatic N) is 1. The van der Waals surface area contributed by atoms with Crippen LogP contribution in [-0.2, 0) is 0 Å². The third-order valence-corrected chi connectivity index (χ3v) is 3.28. The van der Waals surface area contributed by atoms with E-state index in [4.69, 9.17) is 14.7 Å². The van der Waals surface area contributed by atoms with Gasteiger partial charge >= 0.3 is 0 Å². The van der Waals surface area contributed by atoms with Crippen LogP contribution in [0.2, 0.25) is 0 Å². The van der Waals surface area contributed by atoms with E-state index in [9.17, 15) is 0 Å². The van der Waals surface area contributed by atoms with Crippen LogP contribution in [0.3, 0.4) is 0 Å². The third kappa shape index (κ3) is 1.51. The zero-order valence-electron chi connectivity index (χ0n) is 6.49. The summed E-state index contributed by atoms with van der Waals surface area (Å²) in [6, 6.07) is 0. The van der Waals surface area contributed by atoms with Crippen molar-refractivity contribution in [1.29, 1.82) is 0 Å². The summed E-state index contributed by atoms with van der Waals surface area (Å²) in [6.07, 6.45) is 1.34. The van der Waals surface area contributed by atoms with E-state index in [2.05, 4.69) is 21.1 Å². The monoisotopic (exact) mass is 263 g/mol. The fraction of sp³-hybridized carbons (Fsp3) is 0.286. The average Bonchev–Trinajstić information content (AvgIpc) is 2.46. The number of halogens is 1. The second-order valence-corrected chi connectivity index (χ2v) is 4.71. The molecule has 0 saturated carbocycles. The predicted octanol–water partition coefficient (Wildman–Crippen LogP) is 2.09. The topological polar surface area (TPSA) is 51.1 Å². The van der Waals surface area contributed by atoms with Gasteiger partial charge in [0.2, 0.25) is 0 Å². The summed E-state index contributed by atoms with van der Waals surface area (Å²) in [5.74, 6) is 1.35. The van der Waals surface area contributed by atoms with Crippen LogP contribution in [0.5, 0.6) is 11.5 Å². The lowest BCUT2D eigenvalue weighted by Gasteiger charge is -2.15. The minimum absolute atomic E-state index is 0.530. The normalized spacial score (nSPS) is 15.2. The van der Waals surface area contributed by atoms with E-state index in [0.717, 1.165) is 8.66 Å². The number of rotatable bonds is 1. The smallest absolute Gasteiger partial charge is 0.187 e. The van der Waals surface area contributed by atoms with E-state index in [0.29, 0.717) is 24.7 Å². The van der Waals surface area contributed by atoms with Gasteiger partial charge in [0.15, 0.2) is 11.5 Å². The Morgan fingerprint density at radius 1 is 1.38 bits per heavy atom. The molecule has 2 heterocycles. The summed E-state index contributed by atoms with van der Waals surface area (Å²) in [4.78, 5) is 0.754. The number of fused-ring (bicyclic) bond motifs is 1. The van der Waals surface area contributed by atoms with Gasteiger partial charge in [-0.3, -0.25) is 0 Å². The zero-order chi connectivity index (χ0) is 9.26. The van der Waals surface area contributed by atoms with Crippen LogP contribution in [0, 0.1) is 0 Å². The van der Waals surface area contributed by atoms with E-state index in [1.54, 1.807) is 0 Å². The number of hydrogen-bond donors (Lipinski definition) is 1. The van der Waals surface area contributed by atoms with E-state index in [-0.39, 0.29) is 0 Å². The molecule has 0 fully saturated rings. The average molecular weight is 264 g/mol. The van der Waals surface area contributed by atoms with Crippen molar-refractivity contribution in [2.24, 2.45) is 5.16 Å². The SMILES string of the molecule is O/N=C/c1sc(Br)c2c1OCCO2. The molecule has 13 heavy (non-hydrogen) atoms. The molecule has 1 aliphatic rings. The second kappa shape index (κ2) is 3.55. The molecule has 2 rings (SSSR count). The standard InChI is InChI=1S/C7H6BrNO3S/c8-7-6-5(11-1-2-12-6)4(13-7)3-9-10/h3,10H,1-2H2/b9-3+. The van der Waals surface area contributed by atoms with Crippen LogP contribution in [0.4, 0.5) is 0 Å². The van der Waals surface area contributed by atoms with Crippen molar-refractivity contribution in [2.75, 3.05) is 13.2 Å². The summed E-state index contributed by atoms with van der Waals surface area (Å²) in [5, 5.41) is 11.4. The molecule has 0 spiro atoms. The maximum Gasteiger partial charge on any atom is 0.187 e. The van der Waals surface area contributed by atoms with Gasteiger partial charge in [-0.15, -0.1) is 11.3 Å². The minimum Gasteiger partial charge on any atom is -0.485 e. The van der Waals surface area contributed by atoms with Gasteiger partial charge in [0.05, 0.1) is 11.1 Å². The highest BCUT2D eigenvalue weighted by Gasteiger charge is 2.22. The molecule has 0 aromatic carbocycles. The molecule has 0 amide bonds. The Bertz CT molecular complexity index is 350. The van der Waals surface area contributed by atoms with Crippen LogP contribution in [-0.4, -0.2) is 24.6 Å². The fourth-order valence-corrected chi connectivity index (χ4v) is 2.67. The van der Waals surface area contributed by atoms with Crippen LogP contribution in [0.1, 0.15) is 4.88 Å². The van der Waals surface area contributed by atoms with Gasteiger partial charge in [0, 0.05) is 0 Å². The Morgan fingerprint density at radius 3 is 2.77 bits per heavy atom. The molecule has 4 nitrogen and oxygen atoms in total. The lowest BCUT2D eigenvalue weighted by Crippen LogP contribution is -2.14. The fourth-order valence-electron chi connectivity index (χ4n) is 1.07. The number of thiophene rings is 1. The van der Waals surface area contributed by atoms with E-state index >= 15 is 0 Å². The van der Waals surface area contributed by atoms with Gasteiger partial charge in [-0.25, -0.2) is 0 Å². The first-order valence-corrected chi connectivity index (χ1v) is 5.19. The molecule has 70 valence electrons. The molecule has 0 unspecified atom stereocenters. The van der Waals surface area contributed by atoms with Crippen LogP contribution in [0.25, 0.3) is 0 Å². The molecule has 1 aromatic rings. The van der Waals surface area contributed by atoms with Crippen molar-refractivity contribution in [2.45, 2.75) is 0 Å². The zero-order valence-corrected chi connectivity index (χ0v) is 8.89. The van der Waals surface area contributed by atoms with Crippen molar-refractivity contribution in [3.63, 3.8) is 0 Å². The molecular weight excluding hydrogens is 258 g/mol. The van der Waals surface area contributed by atoms with Gasteiger partial charge in [-0.2, -0.15) is 0 Å². The summed E-state index contributed by atoms with van der Waals surface area (Å²) >= 11 is 4.76. The van der Waals surface area contributed by atoms with Crippen LogP contribution < -0.4 is 9.47 Å². The first-order chi connectivity index (χ1) is 6.33. The molecule has 0 bridgehead atoms. The highest BCUT2D eigenvalue weighted by atomic mass is 79.9. The van der Waals surface area contributed by atoms with Gasteiger partial charge in [0.1, 0.15) is 17.0 Å². The Morgan fingerprint density at radius 2 is 2.08 bits per heavy atom. The number of hydrogen-bond acceptors (Lipinski definition) is 5. The maximum absolute atomic E-state index is 8.39. The molecular formula is C7H6BrNO3S. The Balaban J connectivity index is 2.47. The molecule has 0 saturated heterocycles. The van der Waals surface area contributed by atoms with Crippen LogP contribution in [0.15, 0.2) is 8.94 Å². The number of ether oxygens (including phenoxy) is 2. The van der Waals surface area contributed by atoms with Crippen molar-refractivity contribution >= 4 is 33.5 Å². The quantitative estimate of drug-likeness (QED) is 0.480. The number of oxime groups is 1. The van der Waals surface area contributed by atoms with Crippen molar-refractivity contribution in [1.82, 2.24) is 0 Å². The molecule has 0 aliphatic carbocycles. The minimum atomic E-state index is 0.530. The molecule has 6 heteroatoms. The van der Waals surface area contributed by atoms with Crippen LogP contribution >= 0.6 is 27.3 Å². The van der Waals surface area contributed by atoms with E-state index in [1.165, 1.54) is 17.6 Å². The highest BCUT2D eigenvalue weighted by Crippen LogP contribution is 2.46. The summed E-state index contributed by atoms with van der Waals surface area (Å²) in [5.41, 5.74) is 0. The van der Waals surface area contributed by atoms with Crippen molar-refractivity contribution in [3.8, 4) is 11.5 Å². The second-order valence-electron chi connectivity index (χ2n) is 2.34. The lowest BCUT2D eigenvalue weighted by molar-refractivity contribution is 0.172. The highest BCUT2D eigenvalue weighted by molar-refractivity contribution is 9.11. The summed E-state index contributed by atoms with van der Waals surface area (Å²) < 4.78 is 11.6. The van der Waals surface area contributed by atoms with E-state index < -0.39 is 0 Å². The van der Waals surface area contributed by atoms with Crippen molar-refractivity contribution < 1.29 is 14.7 Å². The Hall–Kier alpha value is -0.750. The van der Waals surface area contributed by atoms with Gasteiger partial charge in [-0.1, -0.05) is 5.16 Å². The Labute approximate surface area is 86.9 Å². The van der Waals surface area contributed by atoms with Crippen molar-refractivity contribution in [3.05, 3.63) is 8.66 Å². The van der Waals surface area contributed by atoms with E-state index in [1.807, 2.05) is 0 Å². The molecule has 1 aromatic heterocycles. The first kappa shape index (κ1) is 8.83. The van der Waals surface area contributed by atoms with Gasteiger partial charge in [0.25, 0.3) is 0 Å².